The van der Waals surface area contributed by atoms with Gasteiger partial charge in [0.05, 0.1) is 11.1 Å². The molecule has 2 aliphatic rings. The average molecular weight is 458 g/mol. The van der Waals surface area contributed by atoms with E-state index in [1.165, 1.54) is 30.3 Å². The summed E-state index contributed by atoms with van der Waals surface area (Å²) in [4.78, 5) is 28.2. The van der Waals surface area contributed by atoms with Gasteiger partial charge in [-0.2, -0.15) is 0 Å². The lowest BCUT2D eigenvalue weighted by Gasteiger charge is -2.20. The van der Waals surface area contributed by atoms with Crippen LogP contribution in [0.3, 0.4) is 0 Å². The van der Waals surface area contributed by atoms with Crippen molar-refractivity contribution in [1.82, 2.24) is 15.6 Å². The van der Waals surface area contributed by atoms with Crippen LogP contribution in [0.15, 0.2) is 45.7 Å². The van der Waals surface area contributed by atoms with Crippen LogP contribution in [-0.4, -0.2) is 30.9 Å². The van der Waals surface area contributed by atoms with E-state index < -0.39 is 27.4 Å². The predicted octanol–water partition coefficient (Wildman–Crippen LogP) is 2.20. The highest BCUT2D eigenvalue weighted by molar-refractivity contribution is 7.89. The normalized spacial score (nSPS) is 23.1. The first-order valence-corrected chi connectivity index (χ1v) is 11.5. The molecule has 4 N–H and O–H groups in total. The van der Waals surface area contributed by atoms with Gasteiger partial charge in [0.25, 0.3) is 5.91 Å². The SMILES string of the molecule is NS(=O)(=O)c1ccc(-c2cc3c(F)cccc3o2)nc1CC1CCC2(C1)NC(=O)NC2=O. The number of pyridine rings is 1. The van der Waals surface area contributed by atoms with Gasteiger partial charge in [-0.15, -0.1) is 0 Å². The summed E-state index contributed by atoms with van der Waals surface area (Å²) in [5.74, 6) is -0.622. The Morgan fingerprint density at radius 2 is 2.06 bits per heavy atom. The highest BCUT2D eigenvalue weighted by atomic mass is 32.2. The molecule has 3 heterocycles. The molecule has 1 saturated carbocycles. The Balaban J connectivity index is 1.50. The minimum absolute atomic E-state index is 0.101. The molecule has 9 nitrogen and oxygen atoms in total. The first-order valence-electron chi connectivity index (χ1n) is 9.99. The van der Waals surface area contributed by atoms with E-state index in [0.29, 0.717) is 35.9 Å². The molecule has 166 valence electrons. The van der Waals surface area contributed by atoms with Crippen LogP contribution in [0.5, 0.6) is 0 Å². The number of rotatable bonds is 4. The Morgan fingerprint density at radius 3 is 2.75 bits per heavy atom. The first kappa shape index (κ1) is 20.6. The van der Waals surface area contributed by atoms with E-state index >= 15 is 0 Å². The van der Waals surface area contributed by atoms with Crippen molar-refractivity contribution in [3.05, 3.63) is 47.9 Å². The predicted molar refractivity (Wildman–Crippen MR) is 111 cm³/mol. The highest BCUT2D eigenvalue weighted by Gasteiger charge is 2.51. The van der Waals surface area contributed by atoms with E-state index in [4.69, 9.17) is 9.56 Å². The number of imide groups is 1. The smallest absolute Gasteiger partial charge is 0.322 e. The van der Waals surface area contributed by atoms with Crippen LogP contribution < -0.4 is 15.8 Å². The van der Waals surface area contributed by atoms with Gasteiger partial charge in [-0.1, -0.05) is 6.07 Å². The molecule has 0 bridgehead atoms. The van der Waals surface area contributed by atoms with Crippen LogP contribution in [0.4, 0.5) is 9.18 Å². The Kier molecular flexibility index (Phi) is 4.57. The largest absolute Gasteiger partial charge is 0.454 e. The van der Waals surface area contributed by atoms with Crippen LogP contribution in [-0.2, 0) is 21.2 Å². The molecule has 1 spiro atoms. The number of hydrogen-bond acceptors (Lipinski definition) is 6. The van der Waals surface area contributed by atoms with Gasteiger partial charge < -0.3 is 9.73 Å². The van der Waals surface area contributed by atoms with E-state index in [9.17, 15) is 22.4 Å². The van der Waals surface area contributed by atoms with Crippen molar-refractivity contribution in [2.24, 2.45) is 11.1 Å². The van der Waals surface area contributed by atoms with Crippen LogP contribution >= 0.6 is 0 Å². The number of hydrogen-bond donors (Lipinski definition) is 3. The van der Waals surface area contributed by atoms with Crippen molar-refractivity contribution in [1.29, 1.82) is 0 Å². The minimum Gasteiger partial charge on any atom is -0.454 e. The molecule has 0 radical (unpaired) electrons. The zero-order valence-electron chi connectivity index (χ0n) is 16.7. The number of halogens is 1. The van der Waals surface area contributed by atoms with E-state index in [-0.39, 0.29) is 34.6 Å². The molecule has 5 rings (SSSR count). The van der Waals surface area contributed by atoms with Gasteiger partial charge in [0.2, 0.25) is 10.0 Å². The molecular weight excluding hydrogens is 439 g/mol. The molecule has 1 aliphatic heterocycles. The molecular formula is C21H19FN4O5S. The Labute approximate surface area is 182 Å². The molecule has 32 heavy (non-hydrogen) atoms. The summed E-state index contributed by atoms with van der Waals surface area (Å²) in [6.07, 6.45) is 1.64. The van der Waals surface area contributed by atoms with E-state index in [1.54, 1.807) is 6.07 Å². The molecule has 3 aromatic rings. The molecule has 2 atom stereocenters. The number of primary sulfonamides is 1. The Hall–Kier alpha value is -3.31. The van der Waals surface area contributed by atoms with Crippen molar-refractivity contribution < 1.29 is 26.8 Å². The van der Waals surface area contributed by atoms with Crippen molar-refractivity contribution in [2.75, 3.05) is 0 Å². The molecule has 2 unspecified atom stereocenters. The van der Waals surface area contributed by atoms with Gasteiger partial charge in [0, 0.05) is 0 Å². The van der Waals surface area contributed by atoms with Crippen LogP contribution in [0.1, 0.15) is 25.0 Å². The summed E-state index contributed by atoms with van der Waals surface area (Å²) < 4.78 is 44.1. The zero-order valence-corrected chi connectivity index (χ0v) is 17.5. The van der Waals surface area contributed by atoms with Gasteiger partial charge in [-0.25, -0.2) is 27.7 Å². The first-order chi connectivity index (χ1) is 15.1. The highest BCUT2D eigenvalue weighted by Crippen LogP contribution is 2.39. The lowest BCUT2D eigenvalue weighted by Crippen LogP contribution is -2.44. The van der Waals surface area contributed by atoms with E-state index in [1.807, 2.05) is 0 Å². The van der Waals surface area contributed by atoms with Crippen molar-refractivity contribution in [3.8, 4) is 11.5 Å². The maximum absolute atomic E-state index is 14.1. The monoisotopic (exact) mass is 458 g/mol. The lowest BCUT2D eigenvalue weighted by molar-refractivity contribution is -0.123. The summed E-state index contributed by atoms with van der Waals surface area (Å²) in [6.45, 7) is 0. The summed E-state index contributed by atoms with van der Waals surface area (Å²) >= 11 is 0. The van der Waals surface area contributed by atoms with Gasteiger partial charge >= 0.3 is 6.03 Å². The van der Waals surface area contributed by atoms with Gasteiger partial charge in [-0.05, 0) is 61.9 Å². The topological polar surface area (TPSA) is 144 Å². The second kappa shape index (κ2) is 7.10. The number of fused-ring (bicyclic) bond motifs is 1. The summed E-state index contributed by atoms with van der Waals surface area (Å²) in [5.41, 5.74) is -0.0582. The Bertz CT molecular complexity index is 1390. The van der Waals surface area contributed by atoms with E-state index in [2.05, 4.69) is 15.6 Å². The number of carbonyl (C=O) groups is 2. The van der Waals surface area contributed by atoms with Crippen molar-refractivity contribution >= 4 is 32.9 Å². The van der Waals surface area contributed by atoms with Gasteiger partial charge in [0.15, 0.2) is 5.76 Å². The summed E-state index contributed by atoms with van der Waals surface area (Å²) in [7, 11) is -4.05. The van der Waals surface area contributed by atoms with Crippen molar-refractivity contribution in [3.63, 3.8) is 0 Å². The third-order valence-corrected chi connectivity index (χ3v) is 7.10. The third kappa shape index (κ3) is 3.43. The maximum Gasteiger partial charge on any atom is 0.322 e. The summed E-state index contributed by atoms with van der Waals surface area (Å²) in [5, 5.41) is 10.6. The van der Waals surface area contributed by atoms with Gasteiger partial charge in [-0.3, -0.25) is 10.1 Å². The number of amides is 3. The number of nitrogens with zero attached hydrogens (tertiary/aromatic N) is 1. The van der Waals surface area contributed by atoms with E-state index in [0.717, 1.165) is 0 Å². The number of furan rings is 1. The second-order valence-corrected chi connectivity index (χ2v) is 9.78. The number of aromatic nitrogens is 1. The number of nitrogens with one attached hydrogen (secondary N) is 2. The lowest BCUT2D eigenvalue weighted by atomic mass is 9.94. The van der Waals surface area contributed by atoms with Crippen LogP contribution in [0.25, 0.3) is 22.4 Å². The zero-order chi connectivity index (χ0) is 22.7. The molecule has 2 aromatic heterocycles. The molecule has 1 saturated heterocycles. The molecule has 11 heteroatoms. The molecule has 1 aromatic carbocycles. The molecule has 3 amide bonds. The second-order valence-electron chi connectivity index (χ2n) is 8.25. The quantitative estimate of drug-likeness (QED) is 0.511. The maximum atomic E-state index is 14.1. The number of urea groups is 1. The van der Waals surface area contributed by atoms with Crippen LogP contribution in [0, 0.1) is 11.7 Å². The fourth-order valence-electron chi connectivity index (χ4n) is 4.63. The number of nitrogens with two attached hydrogens (primary N) is 1. The van der Waals surface area contributed by atoms with Crippen molar-refractivity contribution in [2.45, 2.75) is 36.1 Å². The average Bonchev–Trinajstić information content (AvgIpc) is 3.39. The fourth-order valence-corrected chi connectivity index (χ4v) is 5.34. The number of sulfonamides is 1. The number of carbonyl (C=O) groups excluding carboxylic acids is 2. The molecule has 1 aliphatic carbocycles. The third-order valence-electron chi connectivity index (χ3n) is 6.11. The molecule has 2 fully saturated rings. The summed E-state index contributed by atoms with van der Waals surface area (Å²) in [6, 6.07) is 8.26. The van der Waals surface area contributed by atoms with Gasteiger partial charge in [0.1, 0.15) is 27.5 Å². The fraction of sp³-hybridized carbons (Fsp3) is 0.286. The minimum atomic E-state index is -4.05. The van der Waals surface area contributed by atoms with Crippen LogP contribution in [0.2, 0.25) is 0 Å². The standard InChI is InChI=1S/C21H19FN4O5S/c22-13-2-1-3-16-12(13)9-17(31-16)14-4-5-18(32(23,29)30)15(24-14)8-11-6-7-21(10-11)19(27)25-20(28)26-21/h1-5,9,11H,6-8,10H2,(H2,23,29,30)(H2,25,26,27,28). The Morgan fingerprint density at radius 1 is 1.25 bits per heavy atom. The number of benzene rings is 1.